The Morgan fingerprint density at radius 1 is 0.944 bits per heavy atom. The molecular formula is C26H30O10. The van der Waals surface area contributed by atoms with Crippen LogP contribution >= 0.6 is 0 Å². The third-order valence-electron chi connectivity index (χ3n) is 6.45. The van der Waals surface area contributed by atoms with Crippen LogP contribution in [0.15, 0.2) is 18.2 Å². The number of rotatable bonds is 7. The molecule has 0 spiro atoms. The molecule has 1 N–H and O–H groups in total. The molecule has 2 aromatic carbocycles. The van der Waals surface area contributed by atoms with Gasteiger partial charge in [0.1, 0.15) is 0 Å². The lowest BCUT2D eigenvalue weighted by Gasteiger charge is -2.35. The van der Waals surface area contributed by atoms with Gasteiger partial charge in [-0.25, -0.2) is 0 Å². The lowest BCUT2D eigenvalue weighted by atomic mass is 9.71. The fraction of sp³-hybridized carbons (Fsp3) is 0.462. The highest BCUT2D eigenvalue weighted by molar-refractivity contribution is 6.01. The molecule has 0 fully saturated rings. The Morgan fingerprint density at radius 2 is 1.56 bits per heavy atom. The molecule has 36 heavy (non-hydrogen) atoms. The van der Waals surface area contributed by atoms with Gasteiger partial charge in [-0.1, -0.05) is 0 Å². The van der Waals surface area contributed by atoms with E-state index in [4.69, 9.17) is 33.2 Å². The first-order valence-electron chi connectivity index (χ1n) is 11.6. The maximum absolute atomic E-state index is 13.4. The van der Waals surface area contributed by atoms with E-state index >= 15 is 0 Å². The molecule has 10 nitrogen and oxygen atoms in total. The van der Waals surface area contributed by atoms with E-state index in [0.717, 1.165) is 0 Å². The van der Waals surface area contributed by atoms with Gasteiger partial charge < -0.3 is 38.3 Å². The molecule has 4 rings (SSSR count). The Bertz CT molecular complexity index is 1150. The van der Waals surface area contributed by atoms with Crippen molar-refractivity contribution in [1.82, 2.24) is 0 Å². The van der Waals surface area contributed by atoms with E-state index in [-0.39, 0.29) is 32.8 Å². The van der Waals surface area contributed by atoms with E-state index in [1.165, 1.54) is 21.3 Å². The monoisotopic (exact) mass is 502 g/mol. The van der Waals surface area contributed by atoms with Crippen LogP contribution in [-0.2, 0) is 25.5 Å². The van der Waals surface area contributed by atoms with E-state index in [2.05, 4.69) is 0 Å². The fourth-order valence-corrected chi connectivity index (χ4v) is 4.86. The first kappa shape index (κ1) is 25.4. The van der Waals surface area contributed by atoms with Gasteiger partial charge in [0.25, 0.3) is 0 Å². The van der Waals surface area contributed by atoms with Crippen molar-refractivity contribution < 1.29 is 47.9 Å². The highest BCUT2D eigenvalue weighted by atomic mass is 16.7. The van der Waals surface area contributed by atoms with Gasteiger partial charge in [-0.05, 0) is 48.7 Å². The summed E-state index contributed by atoms with van der Waals surface area (Å²) >= 11 is 0. The largest absolute Gasteiger partial charge is 0.493 e. The average molecular weight is 503 g/mol. The Morgan fingerprint density at radius 3 is 2.11 bits per heavy atom. The predicted octanol–water partition coefficient (Wildman–Crippen LogP) is 3.20. The number of methoxy groups -OCH3 is 3. The van der Waals surface area contributed by atoms with E-state index in [1.807, 2.05) is 0 Å². The van der Waals surface area contributed by atoms with Crippen molar-refractivity contribution in [1.29, 1.82) is 0 Å². The molecule has 1 aliphatic heterocycles. The van der Waals surface area contributed by atoms with Crippen molar-refractivity contribution in [2.75, 3.05) is 41.3 Å². The summed E-state index contributed by atoms with van der Waals surface area (Å²) in [6.07, 6.45) is -1.66. The van der Waals surface area contributed by atoms with Crippen LogP contribution in [0, 0.1) is 5.41 Å². The minimum Gasteiger partial charge on any atom is -0.493 e. The number of hydrogen-bond donors (Lipinski definition) is 1. The van der Waals surface area contributed by atoms with Crippen molar-refractivity contribution in [3.63, 3.8) is 0 Å². The smallest absolute Gasteiger partial charge is 0.323 e. The third kappa shape index (κ3) is 4.05. The van der Waals surface area contributed by atoms with Crippen LogP contribution in [0.3, 0.4) is 0 Å². The molecule has 2 aliphatic rings. The van der Waals surface area contributed by atoms with Crippen molar-refractivity contribution in [2.45, 2.75) is 32.8 Å². The number of ether oxygens (including phenoxy) is 7. The normalized spacial score (nSPS) is 17.1. The number of fused-ring (bicyclic) bond motifs is 4. The minimum atomic E-state index is -1.83. The molecule has 0 saturated carbocycles. The van der Waals surface area contributed by atoms with Gasteiger partial charge in [0, 0.05) is 18.4 Å². The summed E-state index contributed by atoms with van der Waals surface area (Å²) < 4.78 is 38.8. The molecule has 0 amide bonds. The third-order valence-corrected chi connectivity index (χ3v) is 6.45. The van der Waals surface area contributed by atoms with Gasteiger partial charge >= 0.3 is 11.9 Å². The summed E-state index contributed by atoms with van der Waals surface area (Å²) in [5.41, 5.74) is 0.223. The predicted molar refractivity (Wildman–Crippen MR) is 127 cm³/mol. The molecule has 194 valence electrons. The van der Waals surface area contributed by atoms with Crippen LogP contribution in [0.4, 0.5) is 0 Å². The van der Waals surface area contributed by atoms with Gasteiger partial charge in [0.05, 0.1) is 40.6 Å². The van der Waals surface area contributed by atoms with E-state index in [1.54, 1.807) is 32.0 Å². The molecule has 0 bridgehead atoms. The Kier molecular flexibility index (Phi) is 7.16. The lowest BCUT2D eigenvalue weighted by Crippen LogP contribution is -2.45. The molecule has 1 heterocycles. The number of benzene rings is 2. The summed E-state index contributed by atoms with van der Waals surface area (Å²) in [7, 11) is 4.43. The molecule has 0 radical (unpaired) electrons. The first-order valence-corrected chi connectivity index (χ1v) is 11.6. The number of aliphatic hydroxyl groups is 1. The minimum absolute atomic E-state index is 0.0276. The van der Waals surface area contributed by atoms with E-state index in [9.17, 15) is 14.7 Å². The van der Waals surface area contributed by atoms with Crippen LogP contribution < -0.4 is 23.7 Å². The fourth-order valence-electron chi connectivity index (χ4n) is 4.86. The number of hydrogen-bond acceptors (Lipinski definition) is 10. The number of aliphatic hydroxyl groups excluding tert-OH is 1. The second kappa shape index (κ2) is 10.1. The van der Waals surface area contributed by atoms with Gasteiger partial charge in [-0.3, -0.25) is 9.59 Å². The van der Waals surface area contributed by atoms with Crippen LogP contribution in [0.2, 0.25) is 0 Å². The Balaban J connectivity index is 2.09. The molecule has 2 aromatic rings. The lowest BCUT2D eigenvalue weighted by molar-refractivity contribution is -0.175. The second-order valence-corrected chi connectivity index (χ2v) is 8.39. The summed E-state index contributed by atoms with van der Waals surface area (Å²) in [4.78, 5) is 26.8. The Hall–Kier alpha value is -3.66. The highest BCUT2D eigenvalue weighted by Crippen LogP contribution is 2.54. The van der Waals surface area contributed by atoms with Crippen LogP contribution in [0.5, 0.6) is 28.7 Å². The van der Waals surface area contributed by atoms with Gasteiger partial charge in [-0.15, -0.1) is 0 Å². The van der Waals surface area contributed by atoms with Crippen LogP contribution in [0.25, 0.3) is 11.1 Å². The number of esters is 2. The van der Waals surface area contributed by atoms with Crippen molar-refractivity contribution >= 4 is 11.9 Å². The molecule has 0 saturated heterocycles. The summed E-state index contributed by atoms with van der Waals surface area (Å²) in [5, 5.41) is 11.5. The molecule has 1 unspecified atom stereocenters. The summed E-state index contributed by atoms with van der Waals surface area (Å²) in [6.45, 7) is 3.43. The maximum Gasteiger partial charge on any atom is 0.323 e. The van der Waals surface area contributed by atoms with Gasteiger partial charge in [-0.2, -0.15) is 0 Å². The number of carbonyl (C=O) groups is 2. The average Bonchev–Trinajstić information content (AvgIpc) is 3.33. The molecule has 1 atom stereocenters. The van der Waals surface area contributed by atoms with E-state index < -0.39 is 23.5 Å². The molecule has 10 heteroatoms. The van der Waals surface area contributed by atoms with E-state index in [0.29, 0.717) is 51.0 Å². The Labute approximate surface area is 208 Å². The van der Waals surface area contributed by atoms with Crippen LogP contribution in [-0.4, -0.2) is 58.4 Å². The second-order valence-electron chi connectivity index (χ2n) is 8.39. The van der Waals surface area contributed by atoms with Gasteiger partial charge in [0.15, 0.2) is 28.4 Å². The number of carbonyl (C=O) groups excluding carboxylic acids is 2. The first-order chi connectivity index (χ1) is 17.3. The zero-order chi connectivity index (χ0) is 26.0. The highest BCUT2D eigenvalue weighted by Gasteiger charge is 2.52. The molecule has 1 aliphatic carbocycles. The topological polar surface area (TPSA) is 119 Å². The molecule has 0 aromatic heterocycles. The van der Waals surface area contributed by atoms with Gasteiger partial charge in [0.2, 0.25) is 12.5 Å². The quantitative estimate of drug-likeness (QED) is 0.447. The zero-order valence-electron chi connectivity index (χ0n) is 21.0. The summed E-state index contributed by atoms with van der Waals surface area (Å²) in [5.74, 6) is 0.326. The van der Waals surface area contributed by atoms with Crippen molar-refractivity contribution in [3.8, 4) is 39.9 Å². The zero-order valence-corrected chi connectivity index (χ0v) is 21.0. The SMILES string of the molecule is CCOC(=O)C1(C(=O)OCC)Cc2cc(OC)c(OC)c(OC)c2-c2cc3c(cc2C(O)C1)OCO3. The maximum atomic E-state index is 13.4. The summed E-state index contributed by atoms with van der Waals surface area (Å²) in [6, 6.07) is 5.08. The standard InChI is InChI=1S/C26H30O10/c1-6-33-24(28)26(25(29)34-7-2)11-14-8-20(30-3)22(31-4)23(32-5)21(14)16-10-19-18(35-13-36-19)9-15(16)17(27)12-26/h8-10,17,27H,6-7,11-13H2,1-5H3. The van der Waals surface area contributed by atoms with Crippen molar-refractivity contribution in [2.24, 2.45) is 5.41 Å². The van der Waals surface area contributed by atoms with Crippen LogP contribution in [0.1, 0.15) is 37.5 Å². The van der Waals surface area contributed by atoms with Crippen molar-refractivity contribution in [3.05, 3.63) is 29.3 Å². The molecular weight excluding hydrogens is 472 g/mol.